The SMILES string of the molecule is CCN(CC)c1ncc(CNC2CCCc3sccc32)s1. The van der Waals surface area contributed by atoms with E-state index in [1.165, 1.54) is 29.7 Å². The van der Waals surface area contributed by atoms with Crippen molar-refractivity contribution in [2.24, 2.45) is 0 Å². The summed E-state index contributed by atoms with van der Waals surface area (Å²) in [5.74, 6) is 0. The molecule has 2 aromatic rings. The molecule has 21 heavy (non-hydrogen) atoms. The van der Waals surface area contributed by atoms with Gasteiger partial charge in [-0.15, -0.1) is 22.7 Å². The van der Waals surface area contributed by atoms with E-state index in [9.17, 15) is 0 Å². The molecule has 0 saturated carbocycles. The lowest BCUT2D eigenvalue weighted by Crippen LogP contribution is -2.23. The average molecular weight is 322 g/mol. The first-order chi connectivity index (χ1) is 10.3. The van der Waals surface area contributed by atoms with Crippen molar-refractivity contribution in [1.29, 1.82) is 0 Å². The highest BCUT2D eigenvalue weighted by molar-refractivity contribution is 7.15. The van der Waals surface area contributed by atoms with Gasteiger partial charge in [-0.25, -0.2) is 4.98 Å². The zero-order valence-corrected chi connectivity index (χ0v) is 14.4. The summed E-state index contributed by atoms with van der Waals surface area (Å²) in [5, 5.41) is 7.11. The van der Waals surface area contributed by atoms with Crippen LogP contribution in [0.25, 0.3) is 0 Å². The molecule has 0 radical (unpaired) electrons. The average Bonchev–Trinajstić information content (AvgIpc) is 3.15. The highest BCUT2D eigenvalue weighted by atomic mass is 32.1. The van der Waals surface area contributed by atoms with Crippen LogP contribution < -0.4 is 10.2 Å². The molecule has 0 saturated heterocycles. The fourth-order valence-corrected chi connectivity index (χ4v) is 4.92. The van der Waals surface area contributed by atoms with Crippen LogP contribution in [0.1, 0.15) is 48.0 Å². The number of hydrogen-bond acceptors (Lipinski definition) is 5. The van der Waals surface area contributed by atoms with Crippen LogP contribution in [0.5, 0.6) is 0 Å². The van der Waals surface area contributed by atoms with Gasteiger partial charge < -0.3 is 10.2 Å². The first-order valence-electron chi connectivity index (χ1n) is 7.81. The molecule has 1 unspecified atom stereocenters. The molecule has 0 fully saturated rings. The molecule has 0 aliphatic heterocycles. The van der Waals surface area contributed by atoms with E-state index in [1.807, 2.05) is 28.9 Å². The zero-order chi connectivity index (χ0) is 14.7. The Kier molecular flexibility index (Phi) is 4.93. The van der Waals surface area contributed by atoms with Gasteiger partial charge >= 0.3 is 0 Å². The maximum Gasteiger partial charge on any atom is 0.185 e. The molecule has 1 atom stereocenters. The molecular formula is C16H23N3S2. The van der Waals surface area contributed by atoms with Gasteiger partial charge in [0.15, 0.2) is 5.13 Å². The normalized spacial score (nSPS) is 17.7. The summed E-state index contributed by atoms with van der Waals surface area (Å²) in [4.78, 5) is 9.78. The van der Waals surface area contributed by atoms with Crippen LogP contribution in [-0.4, -0.2) is 18.1 Å². The molecule has 0 bridgehead atoms. The number of fused-ring (bicyclic) bond motifs is 1. The van der Waals surface area contributed by atoms with E-state index in [0.717, 1.165) is 24.8 Å². The topological polar surface area (TPSA) is 28.2 Å². The van der Waals surface area contributed by atoms with E-state index in [1.54, 1.807) is 4.88 Å². The number of thiophene rings is 1. The lowest BCUT2D eigenvalue weighted by Gasteiger charge is -2.23. The third-order valence-corrected chi connectivity index (χ3v) is 6.20. The number of nitrogens with zero attached hydrogens (tertiary/aromatic N) is 2. The van der Waals surface area contributed by atoms with Gasteiger partial charge in [-0.1, -0.05) is 0 Å². The Morgan fingerprint density at radius 3 is 3.05 bits per heavy atom. The van der Waals surface area contributed by atoms with E-state index >= 15 is 0 Å². The Bertz CT molecular complexity index is 572. The molecule has 0 spiro atoms. The van der Waals surface area contributed by atoms with E-state index < -0.39 is 0 Å². The van der Waals surface area contributed by atoms with Crippen LogP contribution in [0.15, 0.2) is 17.6 Å². The molecule has 2 heterocycles. The summed E-state index contributed by atoms with van der Waals surface area (Å²) in [6, 6.07) is 2.82. The van der Waals surface area contributed by atoms with E-state index in [-0.39, 0.29) is 0 Å². The van der Waals surface area contributed by atoms with Crippen molar-refractivity contribution in [2.45, 2.75) is 45.7 Å². The Hall–Kier alpha value is -0.910. The summed E-state index contributed by atoms with van der Waals surface area (Å²) in [6.07, 6.45) is 5.85. The van der Waals surface area contributed by atoms with Crippen LogP contribution in [0.4, 0.5) is 5.13 Å². The molecule has 114 valence electrons. The molecule has 1 N–H and O–H groups in total. The molecule has 5 heteroatoms. The van der Waals surface area contributed by atoms with Crippen molar-refractivity contribution >= 4 is 27.8 Å². The predicted molar refractivity (Wildman–Crippen MR) is 92.5 cm³/mol. The summed E-state index contributed by atoms with van der Waals surface area (Å²) in [7, 11) is 0. The Morgan fingerprint density at radius 2 is 2.24 bits per heavy atom. The number of thiazole rings is 1. The van der Waals surface area contributed by atoms with E-state index in [0.29, 0.717) is 6.04 Å². The second kappa shape index (κ2) is 6.90. The van der Waals surface area contributed by atoms with Crippen LogP contribution in [0.2, 0.25) is 0 Å². The fraction of sp³-hybridized carbons (Fsp3) is 0.562. The number of anilines is 1. The number of nitrogens with one attached hydrogen (secondary N) is 1. The largest absolute Gasteiger partial charge is 0.349 e. The Morgan fingerprint density at radius 1 is 1.38 bits per heavy atom. The number of aryl methyl sites for hydroxylation is 1. The smallest absolute Gasteiger partial charge is 0.185 e. The third-order valence-electron chi connectivity index (χ3n) is 4.15. The van der Waals surface area contributed by atoms with E-state index in [4.69, 9.17) is 0 Å². The summed E-state index contributed by atoms with van der Waals surface area (Å²) in [6.45, 7) is 7.35. The van der Waals surface area contributed by atoms with Gasteiger partial charge in [-0.05, 0) is 50.1 Å². The summed E-state index contributed by atoms with van der Waals surface area (Å²) < 4.78 is 0. The standard InChI is InChI=1S/C16H23N3S2/c1-3-19(4-2)16-18-11-12(21-16)10-17-14-6-5-7-15-13(14)8-9-20-15/h8-9,11,14,17H,3-7,10H2,1-2H3. The zero-order valence-electron chi connectivity index (χ0n) is 12.8. The number of aromatic nitrogens is 1. The predicted octanol–water partition coefficient (Wildman–Crippen LogP) is 4.22. The van der Waals surface area contributed by atoms with Crippen LogP contribution in [0, 0.1) is 0 Å². The highest BCUT2D eigenvalue weighted by Gasteiger charge is 2.20. The molecule has 3 nitrogen and oxygen atoms in total. The molecule has 2 aromatic heterocycles. The van der Waals surface area contributed by atoms with Crippen molar-refractivity contribution < 1.29 is 0 Å². The van der Waals surface area contributed by atoms with Gasteiger partial charge in [0.2, 0.25) is 0 Å². The van der Waals surface area contributed by atoms with Gasteiger partial charge in [0.05, 0.1) is 0 Å². The second-order valence-corrected chi connectivity index (χ2v) is 7.50. The molecule has 0 amide bonds. The molecule has 3 rings (SSSR count). The molecule has 1 aliphatic carbocycles. The minimum Gasteiger partial charge on any atom is -0.349 e. The van der Waals surface area contributed by atoms with Crippen LogP contribution in [0.3, 0.4) is 0 Å². The van der Waals surface area contributed by atoms with Gasteiger partial charge in [0, 0.05) is 41.6 Å². The lowest BCUT2D eigenvalue weighted by atomic mass is 9.94. The maximum absolute atomic E-state index is 4.56. The van der Waals surface area contributed by atoms with Crippen molar-refractivity contribution in [3.63, 3.8) is 0 Å². The Balaban J connectivity index is 1.62. The fourth-order valence-electron chi connectivity index (χ4n) is 2.94. The first kappa shape index (κ1) is 15.0. The number of rotatable bonds is 6. The highest BCUT2D eigenvalue weighted by Crippen LogP contribution is 2.33. The van der Waals surface area contributed by atoms with Gasteiger partial charge in [-0.3, -0.25) is 0 Å². The van der Waals surface area contributed by atoms with Crippen molar-refractivity contribution in [3.8, 4) is 0 Å². The molecule has 1 aliphatic rings. The van der Waals surface area contributed by atoms with Gasteiger partial charge in [-0.2, -0.15) is 0 Å². The molecule has 0 aromatic carbocycles. The van der Waals surface area contributed by atoms with Gasteiger partial charge in [0.25, 0.3) is 0 Å². The maximum atomic E-state index is 4.56. The Labute approximate surface area is 135 Å². The van der Waals surface area contributed by atoms with Crippen LogP contribution in [-0.2, 0) is 13.0 Å². The number of hydrogen-bond donors (Lipinski definition) is 1. The minimum atomic E-state index is 0.527. The van der Waals surface area contributed by atoms with E-state index in [2.05, 4.69) is 40.5 Å². The van der Waals surface area contributed by atoms with Crippen molar-refractivity contribution in [2.75, 3.05) is 18.0 Å². The monoisotopic (exact) mass is 321 g/mol. The van der Waals surface area contributed by atoms with Crippen molar-refractivity contribution in [3.05, 3.63) is 33.0 Å². The quantitative estimate of drug-likeness (QED) is 0.863. The second-order valence-electron chi connectivity index (χ2n) is 5.41. The first-order valence-corrected chi connectivity index (χ1v) is 9.50. The molecular weight excluding hydrogens is 298 g/mol. The van der Waals surface area contributed by atoms with Crippen molar-refractivity contribution in [1.82, 2.24) is 10.3 Å². The van der Waals surface area contributed by atoms with Crippen LogP contribution >= 0.6 is 22.7 Å². The minimum absolute atomic E-state index is 0.527. The van der Waals surface area contributed by atoms with Gasteiger partial charge in [0.1, 0.15) is 0 Å². The summed E-state index contributed by atoms with van der Waals surface area (Å²) >= 11 is 3.73. The third kappa shape index (κ3) is 3.30. The lowest BCUT2D eigenvalue weighted by molar-refractivity contribution is 0.465. The summed E-state index contributed by atoms with van der Waals surface area (Å²) in [5.41, 5.74) is 1.53.